The molecule has 4 heteroatoms. The minimum absolute atomic E-state index is 0.0238. The number of amides is 1. The summed E-state index contributed by atoms with van der Waals surface area (Å²) in [5.74, 6) is 0.628. The second kappa shape index (κ2) is 5.51. The molecule has 0 aromatic heterocycles. The van der Waals surface area contributed by atoms with Crippen molar-refractivity contribution in [2.45, 2.75) is 33.2 Å². The summed E-state index contributed by atoms with van der Waals surface area (Å²) < 4.78 is 0. The summed E-state index contributed by atoms with van der Waals surface area (Å²) in [6, 6.07) is 5.98. The third-order valence-corrected chi connectivity index (χ3v) is 3.70. The van der Waals surface area contributed by atoms with Crippen LogP contribution in [0.5, 0.6) is 0 Å². The maximum absolute atomic E-state index is 12.1. The first-order valence-electron chi connectivity index (χ1n) is 6.97. The van der Waals surface area contributed by atoms with Crippen molar-refractivity contribution in [2.24, 2.45) is 5.92 Å². The standard InChI is InChI=1S/C15H23N3O/c1-4-17-15(19)13-6-5-12(16)8-14(13)18-9-10(2)7-11(18)3/h5-6,8,10-11H,4,7,9,16H2,1-3H3,(H,17,19). The highest BCUT2D eigenvalue weighted by atomic mass is 16.1. The molecule has 1 aromatic carbocycles. The predicted octanol–water partition coefficient (Wildman–Crippen LogP) is 2.25. The van der Waals surface area contributed by atoms with Crippen LogP contribution in [0.25, 0.3) is 0 Å². The van der Waals surface area contributed by atoms with Gasteiger partial charge in [-0.3, -0.25) is 4.79 Å². The zero-order valence-electron chi connectivity index (χ0n) is 11.9. The van der Waals surface area contributed by atoms with Crippen molar-refractivity contribution in [3.05, 3.63) is 23.8 Å². The van der Waals surface area contributed by atoms with Gasteiger partial charge in [0.05, 0.1) is 11.3 Å². The second-order valence-electron chi connectivity index (χ2n) is 5.48. The Morgan fingerprint density at radius 1 is 1.47 bits per heavy atom. The molecule has 19 heavy (non-hydrogen) atoms. The van der Waals surface area contributed by atoms with Crippen molar-refractivity contribution in [2.75, 3.05) is 23.7 Å². The Bertz CT molecular complexity index is 472. The summed E-state index contributed by atoms with van der Waals surface area (Å²) in [6.07, 6.45) is 1.16. The molecule has 0 radical (unpaired) electrons. The third kappa shape index (κ3) is 2.83. The van der Waals surface area contributed by atoms with Gasteiger partial charge >= 0.3 is 0 Å². The van der Waals surface area contributed by atoms with Gasteiger partial charge in [-0.15, -0.1) is 0 Å². The lowest BCUT2D eigenvalue weighted by molar-refractivity contribution is 0.0956. The molecule has 1 fully saturated rings. The highest BCUT2D eigenvalue weighted by molar-refractivity contribution is 6.00. The smallest absolute Gasteiger partial charge is 0.253 e. The molecule has 2 atom stereocenters. The van der Waals surface area contributed by atoms with E-state index in [-0.39, 0.29) is 5.91 Å². The van der Waals surface area contributed by atoms with Gasteiger partial charge in [-0.05, 0) is 44.4 Å². The Morgan fingerprint density at radius 3 is 2.79 bits per heavy atom. The van der Waals surface area contributed by atoms with Crippen LogP contribution >= 0.6 is 0 Å². The number of nitrogens with one attached hydrogen (secondary N) is 1. The SMILES string of the molecule is CCNC(=O)c1ccc(N)cc1N1CC(C)CC1C. The van der Waals surface area contributed by atoms with Crippen LogP contribution in [0.2, 0.25) is 0 Å². The zero-order valence-corrected chi connectivity index (χ0v) is 11.9. The Morgan fingerprint density at radius 2 is 2.21 bits per heavy atom. The molecule has 0 aliphatic carbocycles. The number of carbonyl (C=O) groups excluding carboxylic acids is 1. The molecule has 0 spiro atoms. The number of nitrogens with two attached hydrogens (primary N) is 1. The average Bonchev–Trinajstić information content (AvgIpc) is 2.68. The van der Waals surface area contributed by atoms with E-state index in [2.05, 4.69) is 24.1 Å². The van der Waals surface area contributed by atoms with Crippen LogP contribution in [0, 0.1) is 5.92 Å². The molecule has 1 saturated heterocycles. The lowest BCUT2D eigenvalue weighted by Gasteiger charge is -2.26. The van der Waals surface area contributed by atoms with E-state index < -0.39 is 0 Å². The van der Waals surface area contributed by atoms with Gasteiger partial charge in [-0.1, -0.05) is 6.92 Å². The summed E-state index contributed by atoms with van der Waals surface area (Å²) >= 11 is 0. The molecule has 104 valence electrons. The molecule has 3 N–H and O–H groups in total. The third-order valence-electron chi connectivity index (χ3n) is 3.70. The molecular weight excluding hydrogens is 238 g/mol. The number of hydrogen-bond donors (Lipinski definition) is 2. The van der Waals surface area contributed by atoms with E-state index in [9.17, 15) is 4.79 Å². The normalized spacial score (nSPS) is 22.6. The monoisotopic (exact) mass is 261 g/mol. The van der Waals surface area contributed by atoms with Crippen LogP contribution in [-0.4, -0.2) is 25.0 Å². The lowest BCUT2D eigenvalue weighted by atomic mass is 10.1. The van der Waals surface area contributed by atoms with Gasteiger partial charge in [-0.2, -0.15) is 0 Å². The summed E-state index contributed by atoms with van der Waals surface area (Å²) in [6.45, 7) is 7.99. The van der Waals surface area contributed by atoms with Gasteiger partial charge in [0.1, 0.15) is 0 Å². The van der Waals surface area contributed by atoms with Crippen molar-refractivity contribution >= 4 is 17.3 Å². The summed E-state index contributed by atoms with van der Waals surface area (Å²) in [5, 5.41) is 2.86. The number of rotatable bonds is 3. The largest absolute Gasteiger partial charge is 0.399 e. The minimum atomic E-state index is -0.0238. The highest BCUT2D eigenvalue weighted by Gasteiger charge is 2.29. The van der Waals surface area contributed by atoms with Crippen molar-refractivity contribution < 1.29 is 4.79 Å². The maximum Gasteiger partial charge on any atom is 0.253 e. The van der Waals surface area contributed by atoms with Gasteiger partial charge < -0.3 is 16.0 Å². The lowest BCUT2D eigenvalue weighted by Crippen LogP contribution is -2.31. The number of benzene rings is 1. The molecule has 1 aromatic rings. The fourth-order valence-electron chi connectivity index (χ4n) is 2.87. The van der Waals surface area contributed by atoms with Crippen molar-refractivity contribution in [1.29, 1.82) is 0 Å². The van der Waals surface area contributed by atoms with Crippen molar-refractivity contribution in [3.8, 4) is 0 Å². The summed E-state index contributed by atoms with van der Waals surface area (Å²) in [5.41, 5.74) is 8.27. The summed E-state index contributed by atoms with van der Waals surface area (Å²) in [4.78, 5) is 14.4. The van der Waals surface area contributed by atoms with E-state index >= 15 is 0 Å². The van der Waals surface area contributed by atoms with Crippen LogP contribution in [0.3, 0.4) is 0 Å². The molecule has 2 unspecified atom stereocenters. The topological polar surface area (TPSA) is 58.4 Å². The number of nitrogens with zero attached hydrogens (tertiary/aromatic N) is 1. The van der Waals surface area contributed by atoms with Crippen molar-refractivity contribution in [3.63, 3.8) is 0 Å². The number of nitrogen functional groups attached to an aromatic ring is 1. The molecule has 1 amide bonds. The van der Waals surface area contributed by atoms with Crippen molar-refractivity contribution in [1.82, 2.24) is 5.32 Å². The second-order valence-corrected chi connectivity index (χ2v) is 5.48. The van der Waals surface area contributed by atoms with Crippen LogP contribution in [0.1, 0.15) is 37.6 Å². The fourth-order valence-corrected chi connectivity index (χ4v) is 2.87. The number of anilines is 2. The molecule has 0 bridgehead atoms. The molecule has 2 rings (SSSR count). The molecule has 1 aliphatic rings. The first kappa shape index (κ1) is 13.7. The Hall–Kier alpha value is -1.71. The first-order valence-corrected chi connectivity index (χ1v) is 6.97. The van der Waals surface area contributed by atoms with E-state index in [1.54, 1.807) is 6.07 Å². The Kier molecular flexibility index (Phi) is 3.98. The average molecular weight is 261 g/mol. The van der Waals surface area contributed by atoms with E-state index in [1.165, 1.54) is 0 Å². The van der Waals surface area contributed by atoms with E-state index in [4.69, 9.17) is 5.73 Å². The quantitative estimate of drug-likeness (QED) is 0.820. The predicted molar refractivity (Wildman–Crippen MR) is 79.5 cm³/mol. The van der Waals surface area contributed by atoms with Gasteiger partial charge in [-0.25, -0.2) is 0 Å². The van der Waals surface area contributed by atoms with Crippen LogP contribution < -0.4 is 16.0 Å². The fraction of sp³-hybridized carbons (Fsp3) is 0.533. The highest BCUT2D eigenvalue weighted by Crippen LogP contribution is 2.32. The van der Waals surface area contributed by atoms with Gasteiger partial charge in [0.15, 0.2) is 0 Å². The van der Waals surface area contributed by atoms with Gasteiger partial charge in [0, 0.05) is 24.8 Å². The Labute approximate surface area is 115 Å². The van der Waals surface area contributed by atoms with E-state index in [1.807, 2.05) is 19.1 Å². The van der Waals surface area contributed by atoms with Gasteiger partial charge in [0.2, 0.25) is 0 Å². The molecule has 0 saturated carbocycles. The van der Waals surface area contributed by atoms with Gasteiger partial charge in [0.25, 0.3) is 5.91 Å². The molecule has 4 nitrogen and oxygen atoms in total. The molecule has 1 heterocycles. The van der Waals surface area contributed by atoms with E-state index in [0.29, 0.717) is 24.2 Å². The summed E-state index contributed by atoms with van der Waals surface area (Å²) in [7, 11) is 0. The maximum atomic E-state index is 12.1. The van der Waals surface area contributed by atoms with E-state index in [0.717, 1.165) is 24.2 Å². The zero-order chi connectivity index (χ0) is 14.0. The van der Waals surface area contributed by atoms with Crippen LogP contribution in [0.4, 0.5) is 11.4 Å². The number of hydrogen-bond acceptors (Lipinski definition) is 3. The number of carbonyl (C=O) groups is 1. The molecular formula is C15H23N3O. The molecule has 1 aliphatic heterocycles. The minimum Gasteiger partial charge on any atom is -0.399 e. The Balaban J connectivity index is 2.37. The van der Waals surface area contributed by atoms with Crippen LogP contribution in [0.15, 0.2) is 18.2 Å². The first-order chi connectivity index (χ1) is 9.02. The van der Waals surface area contributed by atoms with Crippen LogP contribution in [-0.2, 0) is 0 Å².